The van der Waals surface area contributed by atoms with Gasteiger partial charge in [-0.1, -0.05) is 6.07 Å². The summed E-state index contributed by atoms with van der Waals surface area (Å²) in [4.78, 5) is 16.8. The number of furan rings is 1. The summed E-state index contributed by atoms with van der Waals surface area (Å²) in [5, 5.41) is 24.3. The number of aromatic amines is 1. The maximum Gasteiger partial charge on any atom is 0.185 e. The van der Waals surface area contributed by atoms with Gasteiger partial charge in [-0.05, 0) is 36.8 Å². The molecule has 3 N–H and O–H groups in total. The van der Waals surface area contributed by atoms with Gasteiger partial charge >= 0.3 is 0 Å². The molecule has 5 rings (SSSR count). The third-order valence-corrected chi connectivity index (χ3v) is 4.97. The van der Waals surface area contributed by atoms with E-state index in [9.17, 15) is 15.0 Å². The molecule has 2 aromatic carbocycles. The van der Waals surface area contributed by atoms with Crippen molar-refractivity contribution < 1.29 is 14.6 Å². The van der Waals surface area contributed by atoms with Crippen LogP contribution in [0.1, 0.15) is 5.56 Å². The van der Waals surface area contributed by atoms with Crippen molar-refractivity contribution in [3.8, 4) is 22.6 Å². The van der Waals surface area contributed by atoms with Gasteiger partial charge in [0.25, 0.3) is 0 Å². The standard InChI is InChI=1S/C20H15N3O4/c1-9-13(24)6-4-11-17-19(27-18(9)11)16(10-3-5-14(25)15(26)7-10)12-8-21-23(2)20(12)22-17/h3-8,21,25-26H,1-2H3. The third kappa shape index (κ3) is 2.02. The van der Waals surface area contributed by atoms with Crippen LogP contribution in [-0.2, 0) is 7.05 Å². The molecule has 0 aliphatic rings. The first-order valence-corrected chi connectivity index (χ1v) is 8.38. The second-order valence-corrected chi connectivity index (χ2v) is 6.61. The Balaban J connectivity index is 2.03. The summed E-state index contributed by atoms with van der Waals surface area (Å²) in [5.41, 5.74) is 4.20. The van der Waals surface area contributed by atoms with E-state index in [1.54, 1.807) is 29.9 Å². The topological polar surface area (TPSA) is 104 Å². The Labute approximate surface area is 152 Å². The van der Waals surface area contributed by atoms with E-state index in [1.165, 1.54) is 18.2 Å². The number of aromatic hydroxyl groups is 2. The van der Waals surface area contributed by atoms with Gasteiger partial charge in [-0.2, -0.15) is 0 Å². The first-order chi connectivity index (χ1) is 13.0. The van der Waals surface area contributed by atoms with Gasteiger partial charge in [0, 0.05) is 35.1 Å². The van der Waals surface area contributed by atoms with E-state index in [0.29, 0.717) is 33.5 Å². The van der Waals surface area contributed by atoms with E-state index >= 15 is 0 Å². The third-order valence-electron chi connectivity index (χ3n) is 4.97. The highest BCUT2D eigenvalue weighted by molar-refractivity contribution is 6.14. The van der Waals surface area contributed by atoms with E-state index in [-0.39, 0.29) is 16.9 Å². The van der Waals surface area contributed by atoms with Crippen molar-refractivity contribution in [3.05, 3.63) is 52.3 Å². The number of hydrogen-bond donors (Lipinski definition) is 3. The van der Waals surface area contributed by atoms with Crippen LogP contribution in [0.2, 0.25) is 0 Å². The predicted molar refractivity (Wildman–Crippen MR) is 102 cm³/mol. The summed E-state index contributed by atoms with van der Waals surface area (Å²) in [7, 11) is 1.85. The maximum atomic E-state index is 12.0. The highest BCUT2D eigenvalue weighted by atomic mass is 16.3. The minimum absolute atomic E-state index is 0.0942. The number of pyridine rings is 1. The fraction of sp³-hybridized carbons (Fsp3) is 0.100. The molecule has 0 spiro atoms. The van der Waals surface area contributed by atoms with Gasteiger partial charge in [0.15, 0.2) is 28.2 Å². The zero-order chi connectivity index (χ0) is 18.9. The van der Waals surface area contributed by atoms with Crippen LogP contribution in [-0.4, -0.2) is 25.0 Å². The summed E-state index contributed by atoms with van der Waals surface area (Å²) in [5.74, 6) is -0.420. The lowest BCUT2D eigenvalue weighted by Gasteiger charge is -2.07. The fourth-order valence-electron chi connectivity index (χ4n) is 3.53. The van der Waals surface area contributed by atoms with E-state index in [2.05, 4.69) is 5.10 Å². The zero-order valence-electron chi connectivity index (χ0n) is 14.6. The second-order valence-electron chi connectivity index (χ2n) is 6.61. The van der Waals surface area contributed by atoms with Crippen molar-refractivity contribution >= 4 is 33.1 Å². The maximum absolute atomic E-state index is 12.0. The molecule has 0 bridgehead atoms. The lowest BCUT2D eigenvalue weighted by atomic mass is 10.0. The predicted octanol–water partition coefficient (Wildman–Crippen LogP) is 3.55. The molecule has 0 amide bonds. The van der Waals surface area contributed by atoms with Gasteiger partial charge in [-0.15, -0.1) is 0 Å². The number of nitrogens with zero attached hydrogens (tertiary/aromatic N) is 2. The smallest absolute Gasteiger partial charge is 0.185 e. The van der Waals surface area contributed by atoms with Crippen LogP contribution < -0.4 is 5.43 Å². The molecule has 0 atom stereocenters. The lowest BCUT2D eigenvalue weighted by Crippen LogP contribution is -2.01. The number of fused-ring (bicyclic) bond motifs is 4. The summed E-state index contributed by atoms with van der Waals surface area (Å²) in [6.07, 6.45) is 1.81. The first kappa shape index (κ1) is 15.5. The van der Waals surface area contributed by atoms with Gasteiger partial charge < -0.3 is 19.7 Å². The number of hydrogen-bond acceptors (Lipinski definition) is 5. The lowest BCUT2D eigenvalue weighted by molar-refractivity contribution is 0.404. The Morgan fingerprint density at radius 2 is 1.89 bits per heavy atom. The average Bonchev–Trinajstić information content (AvgIpc) is 3.20. The van der Waals surface area contributed by atoms with E-state index in [4.69, 9.17) is 9.40 Å². The molecule has 3 aromatic heterocycles. The van der Waals surface area contributed by atoms with Gasteiger partial charge in [0.05, 0.1) is 0 Å². The molecule has 0 radical (unpaired) electrons. The van der Waals surface area contributed by atoms with Crippen molar-refractivity contribution in [3.63, 3.8) is 0 Å². The van der Waals surface area contributed by atoms with Crippen molar-refractivity contribution in [2.24, 2.45) is 7.05 Å². The van der Waals surface area contributed by atoms with Crippen molar-refractivity contribution in [2.45, 2.75) is 6.92 Å². The quantitative estimate of drug-likeness (QED) is 0.396. The number of H-pyrrole nitrogens is 1. The van der Waals surface area contributed by atoms with Crippen molar-refractivity contribution in [1.82, 2.24) is 14.8 Å². The highest BCUT2D eigenvalue weighted by Gasteiger charge is 2.21. The number of aromatic nitrogens is 3. The van der Waals surface area contributed by atoms with E-state index in [0.717, 1.165) is 16.3 Å². The molecule has 0 saturated carbocycles. The Morgan fingerprint density at radius 3 is 2.67 bits per heavy atom. The molecule has 0 unspecified atom stereocenters. The summed E-state index contributed by atoms with van der Waals surface area (Å²) >= 11 is 0. The van der Waals surface area contributed by atoms with Crippen LogP contribution in [0.4, 0.5) is 0 Å². The van der Waals surface area contributed by atoms with Crippen LogP contribution in [0, 0.1) is 6.92 Å². The Morgan fingerprint density at radius 1 is 1.07 bits per heavy atom. The molecular weight excluding hydrogens is 346 g/mol. The minimum atomic E-state index is -0.223. The SMILES string of the molecule is Cc1c(=O)ccc2c1oc1c(-c3ccc(O)c(O)c3)c3c[nH]n(C)c3nc12. The van der Waals surface area contributed by atoms with Crippen LogP contribution in [0.25, 0.3) is 44.2 Å². The number of nitrogens with one attached hydrogen (secondary N) is 1. The van der Waals surface area contributed by atoms with Gasteiger partial charge in [0.1, 0.15) is 11.1 Å². The highest BCUT2D eigenvalue weighted by Crippen LogP contribution is 2.41. The average molecular weight is 361 g/mol. The molecular formula is C20H15N3O4. The van der Waals surface area contributed by atoms with E-state index in [1.807, 2.05) is 7.05 Å². The van der Waals surface area contributed by atoms with Gasteiger partial charge in [-0.25, -0.2) is 4.98 Å². The van der Waals surface area contributed by atoms with Crippen LogP contribution >= 0.6 is 0 Å². The number of rotatable bonds is 1. The zero-order valence-corrected chi connectivity index (χ0v) is 14.6. The molecule has 0 aliphatic carbocycles. The van der Waals surface area contributed by atoms with Crippen molar-refractivity contribution in [1.29, 1.82) is 0 Å². The molecule has 7 nitrogen and oxygen atoms in total. The van der Waals surface area contributed by atoms with E-state index < -0.39 is 0 Å². The van der Waals surface area contributed by atoms with Gasteiger partial charge in [0.2, 0.25) is 0 Å². The van der Waals surface area contributed by atoms with Crippen molar-refractivity contribution in [2.75, 3.05) is 0 Å². The number of phenols is 2. The number of aryl methyl sites for hydroxylation is 2. The molecule has 0 fully saturated rings. The molecule has 27 heavy (non-hydrogen) atoms. The van der Waals surface area contributed by atoms with Crippen LogP contribution in [0.5, 0.6) is 11.5 Å². The summed E-state index contributed by atoms with van der Waals surface area (Å²) in [6.45, 7) is 1.73. The second kappa shape index (κ2) is 5.14. The van der Waals surface area contributed by atoms with Crippen LogP contribution in [0.15, 0.2) is 45.7 Å². The molecule has 134 valence electrons. The molecule has 5 aromatic rings. The number of phenolic OH excluding ortho intramolecular Hbond substituents is 2. The summed E-state index contributed by atoms with van der Waals surface area (Å²) < 4.78 is 7.89. The largest absolute Gasteiger partial charge is 0.504 e. The molecule has 3 heterocycles. The molecule has 0 aliphatic heterocycles. The summed E-state index contributed by atoms with van der Waals surface area (Å²) in [6, 6.07) is 7.85. The number of benzene rings is 2. The Hall–Kier alpha value is -3.74. The molecule has 0 saturated heterocycles. The fourth-order valence-corrected chi connectivity index (χ4v) is 3.53. The van der Waals surface area contributed by atoms with Gasteiger partial charge in [-0.3, -0.25) is 9.48 Å². The first-order valence-electron chi connectivity index (χ1n) is 8.38. The normalized spacial score (nSPS) is 11.8. The Bertz CT molecular complexity index is 1440. The minimum Gasteiger partial charge on any atom is -0.504 e. The van der Waals surface area contributed by atoms with Crippen LogP contribution in [0.3, 0.4) is 0 Å². The molecule has 7 heteroatoms. The Kier molecular flexibility index (Phi) is 2.95. The monoisotopic (exact) mass is 361 g/mol.